The fourth-order valence-corrected chi connectivity index (χ4v) is 1.55. The first-order valence-electron chi connectivity index (χ1n) is 5.93. The lowest BCUT2D eigenvalue weighted by Crippen LogP contribution is -2.11. The summed E-state index contributed by atoms with van der Waals surface area (Å²) < 4.78 is 23.8. The molecule has 1 aromatic carbocycles. The molecule has 0 saturated heterocycles. The number of benzene rings is 1. The number of carbonyl (C=O) groups is 2. The molecule has 0 aliphatic heterocycles. The van der Waals surface area contributed by atoms with Gasteiger partial charge in [-0.25, -0.2) is 14.0 Å². The second-order valence-electron chi connectivity index (χ2n) is 4.17. The summed E-state index contributed by atoms with van der Waals surface area (Å²) in [7, 11) is 0. The van der Waals surface area contributed by atoms with Crippen LogP contribution in [0, 0.1) is 5.82 Å². The fourth-order valence-electron chi connectivity index (χ4n) is 1.55. The fraction of sp³-hybridized carbons (Fsp3) is 0.385. The Morgan fingerprint density at radius 1 is 1.37 bits per heavy atom. The van der Waals surface area contributed by atoms with Gasteiger partial charge in [0.25, 0.3) is 0 Å². The van der Waals surface area contributed by atoms with Gasteiger partial charge in [0.2, 0.25) is 0 Å². The van der Waals surface area contributed by atoms with E-state index in [1.807, 2.05) is 0 Å². The van der Waals surface area contributed by atoms with Crippen LogP contribution in [0.25, 0.3) is 0 Å². The maximum atomic E-state index is 13.7. The number of esters is 1. The Labute approximate surface area is 108 Å². The van der Waals surface area contributed by atoms with Crippen LogP contribution in [0.15, 0.2) is 12.1 Å². The van der Waals surface area contributed by atoms with Crippen LogP contribution < -0.4 is 4.74 Å². The molecule has 0 atom stereocenters. The highest BCUT2D eigenvalue weighted by Crippen LogP contribution is 2.31. The maximum Gasteiger partial charge on any atom is 0.341 e. The van der Waals surface area contributed by atoms with Crippen molar-refractivity contribution in [2.75, 3.05) is 6.61 Å². The van der Waals surface area contributed by atoms with Crippen LogP contribution in [-0.2, 0) is 4.74 Å². The second-order valence-corrected chi connectivity index (χ2v) is 4.17. The summed E-state index contributed by atoms with van der Waals surface area (Å²) in [6, 6.07) is 1.88. The van der Waals surface area contributed by atoms with Crippen molar-refractivity contribution in [2.24, 2.45) is 0 Å². The molecule has 1 saturated carbocycles. The van der Waals surface area contributed by atoms with E-state index < -0.39 is 17.8 Å². The third-order valence-corrected chi connectivity index (χ3v) is 2.61. The molecule has 0 amide bonds. The van der Waals surface area contributed by atoms with Crippen molar-refractivity contribution in [1.82, 2.24) is 0 Å². The molecule has 5 nitrogen and oxygen atoms in total. The number of aromatic carboxylic acids is 1. The SMILES string of the molecule is CCOC(=O)c1cc(OC2CC2)c(C(=O)O)cc1F. The Morgan fingerprint density at radius 3 is 2.58 bits per heavy atom. The standard InChI is InChI=1S/C13H13FO5/c1-2-18-13(17)8-6-11(19-7-3-4-7)9(12(15)16)5-10(8)14/h5-7H,2-4H2,1H3,(H,15,16). The Hall–Kier alpha value is -2.11. The zero-order valence-corrected chi connectivity index (χ0v) is 10.3. The third-order valence-electron chi connectivity index (χ3n) is 2.61. The molecule has 1 aliphatic carbocycles. The Bertz CT molecular complexity index is 522. The molecule has 0 radical (unpaired) electrons. The van der Waals surface area contributed by atoms with E-state index in [-0.39, 0.29) is 29.6 Å². The van der Waals surface area contributed by atoms with Crippen molar-refractivity contribution in [1.29, 1.82) is 0 Å². The summed E-state index contributed by atoms with van der Waals surface area (Å²) in [6.45, 7) is 1.71. The second kappa shape index (κ2) is 5.26. The molecule has 0 aromatic heterocycles. The summed E-state index contributed by atoms with van der Waals surface area (Å²) in [5, 5.41) is 8.99. The van der Waals surface area contributed by atoms with E-state index in [1.165, 1.54) is 0 Å². The average Bonchev–Trinajstić information content (AvgIpc) is 3.14. The average molecular weight is 268 g/mol. The lowest BCUT2D eigenvalue weighted by atomic mass is 10.1. The Kier molecular flexibility index (Phi) is 3.69. The van der Waals surface area contributed by atoms with E-state index in [1.54, 1.807) is 6.92 Å². The minimum Gasteiger partial charge on any atom is -0.489 e. The summed E-state index contributed by atoms with van der Waals surface area (Å²) in [5.74, 6) is -3.07. The molecule has 102 valence electrons. The molecule has 19 heavy (non-hydrogen) atoms. The van der Waals surface area contributed by atoms with Crippen molar-refractivity contribution in [3.05, 3.63) is 29.1 Å². The van der Waals surface area contributed by atoms with Gasteiger partial charge in [-0.3, -0.25) is 0 Å². The molecule has 1 aromatic rings. The predicted octanol–water partition coefficient (Wildman–Crippen LogP) is 2.24. The van der Waals surface area contributed by atoms with Gasteiger partial charge in [-0.2, -0.15) is 0 Å². The van der Waals surface area contributed by atoms with Crippen LogP contribution >= 0.6 is 0 Å². The lowest BCUT2D eigenvalue weighted by molar-refractivity contribution is 0.0518. The van der Waals surface area contributed by atoms with Gasteiger partial charge in [0.15, 0.2) is 0 Å². The molecule has 1 fully saturated rings. The van der Waals surface area contributed by atoms with Gasteiger partial charge >= 0.3 is 11.9 Å². The van der Waals surface area contributed by atoms with Crippen molar-refractivity contribution in [3.63, 3.8) is 0 Å². The molecule has 6 heteroatoms. The number of carboxylic acid groups (broad SMARTS) is 1. The van der Waals surface area contributed by atoms with Crippen LogP contribution in [0.1, 0.15) is 40.5 Å². The van der Waals surface area contributed by atoms with Gasteiger partial charge in [0, 0.05) is 0 Å². The summed E-state index contributed by atoms with van der Waals surface area (Å²) in [6.07, 6.45) is 1.59. The van der Waals surface area contributed by atoms with E-state index in [4.69, 9.17) is 14.6 Å². The molecule has 0 spiro atoms. The number of carboxylic acids is 1. The van der Waals surface area contributed by atoms with Crippen LogP contribution in [-0.4, -0.2) is 29.8 Å². The summed E-state index contributed by atoms with van der Waals surface area (Å²) >= 11 is 0. The quantitative estimate of drug-likeness (QED) is 0.829. The van der Waals surface area contributed by atoms with E-state index in [9.17, 15) is 14.0 Å². The number of carbonyl (C=O) groups excluding carboxylic acids is 1. The van der Waals surface area contributed by atoms with E-state index in [0.29, 0.717) is 0 Å². The number of halogens is 1. The van der Waals surface area contributed by atoms with Crippen LogP contribution in [0.4, 0.5) is 4.39 Å². The maximum absolute atomic E-state index is 13.7. The van der Waals surface area contributed by atoms with Crippen molar-refractivity contribution in [3.8, 4) is 5.75 Å². The van der Waals surface area contributed by atoms with Gasteiger partial charge in [-0.1, -0.05) is 0 Å². The van der Waals surface area contributed by atoms with Crippen LogP contribution in [0.3, 0.4) is 0 Å². The largest absolute Gasteiger partial charge is 0.489 e. The number of hydrogen-bond donors (Lipinski definition) is 1. The number of hydrogen-bond acceptors (Lipinski definition) is 4. The Morgan fingerprint density at radius 2 is 2.05 bits per heavy atom. The van der Waals surface area contributed by atoms with Crippen molar-refractivity contribution < 1.29 is 28.6 Å². The van der Waals surface area contributed by atoms with Gasteiger partial charge in [0.1, 0.15) is 17.1 Å². The molecule has 2 rings (SSSR count). The first-order valence-corrected chi connectivity index (χ1v) is 5.93. The van der Waals surface area contributed by atoms with Gasteiger partial charge in [-0.05, 0) is 31.9 Å². The molecule has 1 N–H and O–H groups in total. The van der Waals surface area contributed by atoms with E-state index in [0.717, 1.165) is 25.0 Å². The smallest absolute Gasteiger partial charge is 0.341 e. The summed E-state index contributed by atoms with van der Waals surface area (Å²) in [4.78, 5) is 22.6. The molecule has 0 heterocycles. The van der Waals surface area contributed by atoms with Crippen molar-refractivity contribution in [2.45, 2.75) is 25.9 Å². The molecular formula is C13H13FO5. The highest BCUT2D eigenvalue weighted by atomic mass is 19.1. The predicted molar refractivity (Wildman–Crippen MR) is 63.0 cm³/mol. The minimum absolute atomic E-state index is 0.000506. The Balaban J connectivity index is 2.39. The molecule has 0 bridgehead atoms. The highest BCUT2D eigenvalue weighted by Gasteiger charge is 2.28. The first kappa shape index (κ1) is 13.3. The topological polar surface area (TPSA) is 72.8 Å². The minimum atomic E-state index is -1.30. The number of ether oxygens (including phenoxy) is 2. The van der Waals surface area contributed by atoms with Gasteiger partial charge in [-0.15, -0.1) is 0 Å². The van der Waals surface area contributed by atoms with Gasteiger partial charge in [0.05, 0.1) is 18.3 Å². The van der Waals surface area contributed by atoms with Crippen LogP contribution in [0.2, 0.25) is 0 Å². The van der Waals surface area contributed by atoms with E-state index in [2.05, 4.69) is 0 Å². The monoisotopic (exact) mass is 268 g/mol. The normalized spacial score (nSPS) is 14.0. The summed E-state index contributed by atoms with van der Waals surface area (Å²) in [5.41, 5.74) is -0.611. The zero-order chi connectivity index (χ0) is 14.0. The molecule has 1 aliphatic rings. The van der Waals surface area contributed by atoms with Gasteiger partial charge < -0.3 is 14.6 Å². The molecule has 0 unspecified atom stereocenters. The van der Waals surface area contributed by atoms with E-state index >= 15 is 0 Å². The van der Waals surface area contributed by atoms with Crippen molar-refractivity contribution >= 4 is 11.9 Å². The van der Waals surface area contributed by atoms with Crippen LogP contribution in [0.5, 0.6) is 5.75 Å². The zero-order valence-electron chi connectivity index (χ0n) is 10.3. The first-order chi connectivity index (χ1) is 9.02. The number of rotatable bonds is 5. The third kappa shape index (κ3) is 3.01. The lowest BCUT2D eigenvalue weighted by Gasteiger charge is -2.11. The highest BCUT2D eigenvalue weighted by molar-refractivity contribution is 5.95. The molecular weight excluding hydrogens is 255 g/mol.